The first-order chi connectivity index (χ1) is 9.46. The van der Waals surface area contributed by atoms with Crippen molar-refractivity contribution in [3.05, 3.63) is 41.7 Å². The van der Waals surface area contributed by atoms with Crippen molar-refractivity contribution in [3.8, 4) is 5.75 Å². The number of benzene rings is 1. The lowest BCUT2D eigenvalue weighted by atomic mass is 10.0. The minimum atomic E-state index is -0.280. The first-order valence-corrected chi connectivity index (χ1v) is 7.31. The Morgan fingerprint density at radius 3 is 2.80 bits per heavy atom. The highest BCUT2D eigenvalue weighted by molar-refractivity contribution is 5.35. The summed E-state index contributed by atoms with van der Waals surface area (Å²) in [7, 11) is 0. The van der Waals surface area contributed by atoms with E-state index in [1.54, 1.807) is 6.07 Å². The summed E-state index contributed by atoms with van der Waals surface area (Å²) in [6, 6.07) is 5.12. The highest BCUT2D eigenvalue weighted by atomic mass is 19.1. The minimum Gasteiger partial charge on any atom is -0.483 e. The molecule has 1 aliphatic carbocycles. The summed E-state index contributed by atoms with van der Waals surface area (Å²) in [5.74, 6) is 0.109. The third kappa shape index (κ3) is 4.34. The summed E-state index contributed by atoms with van der Waals surface area (Å²) in [6.45, 7) is 6.89. The van der Waals surface area contributed by atoms with Crippen molar-refractivity contribution >= 4 is 0 Å². The molecular weight excluding hydrogens is 253 g/mol. The molecule has 0 bridgehead atoms. The summed E-state index contributed by atoms with van der Waals surface area (Å²) >= 11 is 0. The van der Waals surface area contributed by atoms with E-state index in [9.17, 15) is 4.39 Å². The largest absolute Gasteiger partial charge is 0.483 e. The van der Waals surface area contributed by atoms with Gasteiger partial charge in [-0.3, -0.25) is 0 Å². The minimum absolute atomic E-state index is 0.00552. The Labute approximate surface area is 121 Å². The fraction of sp³-hybridized carbons (Fsp3) is 0.529. The van der Waals surface area contributed by atoms with E-state index in [-0.39, 0.29) is 17.5 Å². The van der Waals surface area contributed by atoms with Gasteiger partial charge in [-0.25, -0.2) is 4.39 Å². The van der Waals surface area contributed by atoms with Crippen molar-refractivity contribution in [2.45, 2.75) is 58.2 Å². The van der Waals surface area contributed by atoms with Gasteiger partial charge in [0.2, 0.25) is 0 Å². The highest BCUT2D eigenvalue weighted by Gasteiger charge is 2.17. The zero-order valence-corrected chi connectivity index (χ0v) is 12.6. The van der Waals surface area contributed by atoms with E-state index in [2.05, 4.69) is 32.2 Å². The van der Waals surface area contributed by atoms with Crippen LogP contribution in [0.2, 0.25) is 0 Å². The number of nitrogens with one attached hydrogen (secondary N) is 1. The fourth-order valence-electron chi connectivity index (χ4n) is 2.22. The molecule has 1 aromatic rings. The third-order valence-corrected chi connectivity index (χ3v) is 3.34. The molecule has 1 atom stereocenters. The van der Waals surface area contributed by atoms with Gasteiger partial charge in [-0.15, -0.1) is 0 Å². The van der Waals surface area contributed by atoms with Crippen LogP contribution in [0.5, 0.6) is 5.75 Å². The van der Waals surface area contributed by atoms with E-state index in [0.29, 0.717) is 12.3 Å². The molecule has 1 N–H and O–H groups in total. The van der Waals surface area contributed by atoms with Gasteiger partial charge in [-0.1, -0.05) is 18.2 Å². The van der Waals surface area contributed by atoms with Crippen molar-refractivity contribution in [1.82, 2.24) is 5.32 Å². The SMILES string of the molecule is CC(C)(C)NCc1cccc(F)c1OC1C=CCCC1. The molecule has 0 heterocycles. The van der Waals surface area contributed by atoms with E-state index in [0.717, 1.165) is 24.8 Å². The zero-order valence-electron chi connectivity index (χ0n) is 12.6. The maximum Gasteiger partial charge on any atom is 0.165 e. The number of ether oxygens (including phenoxy) is 1. The summed E-state index contributed by atoms with van der Waals surface area (Å²) in [5.41, 5.74) is 0.868. The topological polar surface area (TPSA) is 21.3 Å². The van der Waals surface area contributed by atoms with Gasteiger partial charge in [0.25, 0.3) is 0 Å². The van der Waals surface area contributed by atoms with Crippen LogP contribution in [-0.4, -0.2) is 11.6 Å². The molecule has 0 aliphatic heterocycles. The summed E-state index contributed by atoms with van der Waals surface area (Å²) in [5, 5.41) is 3.38. The van der Waals surface area contributed by atoms with Crippen molar-refractivity contribution in [1.29, 1.82) is 0 Å². The maximum atomic E-state index is 14.0. The molecule has 110 valence electrons. The maximum absolute atomic E-state index is 14.0. The van der Waals surface area contributed by atoms with Gasteiger partial charge < -0.3 is 10.1 Å². The highest BCUT2D eigenvalue weighted by Crippen LogP contribution is 2.26. The molecule has 0 saturated carbocycles. The van der Waals surface area contributed by atoms with E-state index in [1.807, 2.05) is 12.1 Å². The lowest BCUT2D eigenvalue weighted by Gasteiger charge is -2.24. The lowest BCUT2D eigenvalue weighted by molar-refractivity contribution is 0.216. The predicted molar refractivity (Wildman–Crippen MR) is 80.4 cm³/mol. The summed E-state index contributed by atoms with van der Waals surface area (Å²) in [6.07, 6.45) is 7.30. The normalized spacial score (nSPS) is 19.1. The van der Waals surface area contributed by atoms with E-state index < -0.39 is 0 Å². The molecule has 0 fully saturated rings. The number of para-hydroxylation sites is 1. The molecule has 3 heteroatoms. The van der Waals surface area contributed by atoms with Crippen LogP contribution in [0, 0.1) is 5.82 Å². The van der Waals surface area contributed by atoms with Crippen LogP contribution in [0.4, 0.5) is 4.39 Å². The standard InChI is InChI=1S/C17H24FNO/c1-17(2,3)19-12-13-8-7-11-15(18)16(13)20-14-9-5-4-6-10-14/h5,7-9,11,14,19H,4,6,10,12H2,1-3H3. The van der Waals surface area contributed by atoms with Crippen LogP contribution in [-0.2, 0) is 6.54 Å². The Morgan fingerprint density at radius 1 is 1.35 bits per heavy atom. The second kappa shape index (κ2) is 6.40. The zero-order chi connectivity index (χ0) is 14.6. The van der Waals surface area contributed by atoms with Crippen LogP contribution in [0.25, 0.3) is 0 Å². The quantitative estimate of drug-likeness (QED) is 0.833. The lowest BCUT2D eigenvalue weighted by Crippen LogP contribution is -2.35. The Balaban J connectivity index is 2.13. The van der Waals surface area contributed by atoms with Crippen molar-refractivity contribution in [2.75, 3.05) is 0 Å². The number of hydrogen-bond acceptors (Lipinski definition) is 2. The average Bonchev–Trinajstić information content (AvgIpc) is 2.40. The molecule has 0 radical (unpaired) electrons. The second-order valence-corrected chi connectivity index (χ2v) is 6.35. The van der Waals surface area contributed by atoms with Gasteiger partial charge in [0.15, 0.2) is 11.6 Å². The van der Waals surface area contributed by atoms with Gasteiger partial charge >= 0.3 is 0 Å². The molecule has 20 heavy (non-hydrogen) atoms. The monoisotopic (exact) mass is 277 g/mol. The van der Waals surface area contributed by atoms with Gasteiger partial charge in [-0.2, -0.15) is 0 Å². The second-order valence-electron chi connectivity index (χ2n) is 6.35. The molecule has 2 rings (SSSR count). The van der Waals surface area contributed by atoms with Gasteiger partial charge in [0, 0.05) is 17.6 Å². The van der Waals surface area contributed by atoms with E-state index in [1.165, 1.54) is 6.07 Å². The van der Waals surface area contributed by atoms with Crippen molar-refractivity contribution < 1.29 is 9.13 Å². The van der Waals surface area contributed by atoms with Gasteiger partial charge in [0.05, 0.1) is 0 Å². The van der Waals surface area contributed by atoms with E-state index >= 15 is 0 Å². The third-order valence-electron chi connectivity index (χ3n) is 3.34. The molecule has 0 aromatic heterocycles. The molecule has 1 unspecified atom stereocenters. The Morgan fingerprint density at radius 2 is 2.15 bits per heavy atom. The van der Waals surface area contributed by atoms with Crippen LogP contribution >= 0.6 is 0 Å². The molecular formula is C17H24FNO. The van der Waals surface area contributed by atoms with Gasteiger partial charge in [0.1, 0.15) is 6.10 Å². The number of hydrogen-bond donors (Lipinski definition) is 1. The molecule has 2 nitrogen and oxygen atoms in total. The average molecular weight is 277 g/mol. The van der Waals surface area contributed by atoms with E-state index in [4.69, 9.17) is 4.74 Å². The fourth-order valence-corrected chi connectivity index (χ4v) is 2.22. The van der Waals surface area contributed by atoms with Crippen LogP contribution in [0.15, 0.2) is 30.4 Å². The predicted octanol–water partition coefficient (Wildman–Crippen LogP) is 4.20. The first-order valence-electron chi connectivity index (χ1n) is 7.31. The Kier molecular flexibility index (Phi) is 4.81. The Hall–Kier alpha value is -1.35. The number of rotatable bonds is 4. The van der Waals surface area contributed by atoms with Crippen molar-refractivity contribution in [3.63, 3.8) is 0 Å². The molecule has 0 amide bonds. The summed E-state index contributed by atoms with van der Waals surface area (Å²) in [4.78, 5) is 0. The first kappa shape index (κ1) is 15.0. The van der Waals surface area contributed by atoms with Crippen LogP contribution in [0.1, 0.15) is 45.6 Å². The van der Waals surface area contributed by atoms with Crippen LogP contribution in [0.3, 0.4) is 0 Å². The van der Waals surface area contributed by atoms with Crippen molar-refractivity contribution in [2.24, 2.45) is 0 Å². The van der Waals surface area contributed by atoms with Crippen LogP contribution < -0.4 is 10.1 Å². The van der Waals surface area contributed by atoms with Gasteiger partial charge in [-0.05, 0) is 52.2 Å². The smallest absolute Gasteiger partial charge is 0.165 e. The molecule has 1 aromatic carbocycles. The number of halogens is 1. The molecule has 0 spiro atoms. The molecule has 0 saturated heterocycles. The molecule has 1 aliphatic rings. The Bertz CT molecular complexity index is 476. The summed E-state index contributed by atoms with van der Waals surface area (Å²) < 4.78 is 19.9. The number of allylic oxidation sites excluding steroid dienone is 1.